The summed E-state index contributed by atoms with van der Waals surface area (Å²) in [5.74, 6) is -0.191. The van der Waals surface area contributed by atoms with Crippen molar-refractivity contribution in [3.05, 3.63) is 56.2 Å². The SMILES string of the molecule is Cn1c(O)c2cccc3c2c(c1=O)C=CC3=[N+]([O-])[O-]. The molecule has 0 bridgehead atoms. The summed E-state index contributed by atoms with van der Waals surface area (Å²) in [6, 6.07) is 4.83. The third-order valence-electron chi connectivity index (χ3n) is 3.31. The summed E-state index contributed by atoms with van der Waals surface area (Å²) in [5, 5.41) is 32.9. The van der Waals surface area contributed by atoms with Crippen LogP contribution in [0.15, 0.2) is 29.1 Å². The Morgan fingerprint density at radius 3 is 2.68 bits per heavy atom. The molecule has 1 heterocycles. The van der Waals surface area contributed by atoms with Gasteiger partial charge in [0.1, 0.15) is 0 Å². The maximum Gasteiger partial charge on any atom is 0.260 e. The lowest BCUT2D eigenvalue weighted by atomic mass is 9.93. The van der Waals surface area contributed by atoms with Crippen LogP contribution in [0.2, 0.25) is 0 Å². The van der Waals surface area contributed by atoms with E-state index in [4.69, 9.17) is 0 Å². The van der Waals surface area contributed by atoms with Gasteiger partial charge in [0.25, 0.3) is 5.56 Å². The maximum absolute atomic E-state index is 12.1. The molecule has 19 heavy (non-hydrogen) atoms. The maximum atomic E-state index is 12.1. The van der Waals surface area contributed by atoms with Crippen molar-refractivity contribution in [1.82, 2.24) is 4.57 Å². The minimum atomic E-state index is -0.497. The van der Waals surface area contributed by atoms with Crippen LogP contribution in [-0.2, 0) is 7.05 Å². The molecule has 1 aromatic carbocycles. The largest absolute Gasteiger partial charge is 0.612 e. The molecule has 0 radical (unpaired) electrons. The first kappa shape index (κ1) is 11.3. The van der Waals surface area contributed by atoms with Crippen molar-refractivity contribution in [1.29, 1.82) is 0 Å². The van der Waals surface area contributed by atoms with Crippen LogP contribution in [0.5, 0.6) is 5.88 Å². The Bertz CT molecular complexity index is 827. The number of aromatic hydroxyl groups is 1. The molecule has 0 saturated carbocycles. The van der Waals surface area contributed by atoms with Crippen LogP contribution in [0, 0.1) is 10.4 Å². The number of aromatic nitrogens is 1. The van der Waals surface area contributed by atoms with E-state index >= 15 is 0 Å². The first-order chi connectivity index (χ1) is 9.02. The van der Waals surface area contributed by atoms with Crippen molar-refractivity contribution in [3.63, 3.8) is 0 Å². The smallest absolute Gasteiger partial charge is 0.260 e. The standard InChI is InChI=1S/C13H9N2O4/c1-14-12(16)8-4-2-3-7-10(15(18)19)6-5-9(11(7)8)13(14)17/h2-6H,1H3,(H-,16,17,18,19)/q-1. The summed E-state index contributed by atoms with van der Waals surface area (Å²) < 4.78 is 1.13. The number of benzene rings is 1. The van der Waals surface area contributed by atoms with Gasteiger partial charge in [-0.15, -0.1) is 0 Å². The average molecular weight is 257 g/mol. The zero-order valence-electron chi connectivity index (χ0n) is 9.95. The summed E-state index contributed by atoms with van der Waals surface area (Å²) in [6.45, 7) is 0. The molecular formula is C13H9N2O4-. The number of pyridine rings is 1. The Balaban J connectivity index is 2.62. The van der Waals surface area contributed by atoms with Gasteiger partial charge < -0.3 is 15.5 Å². The topological polar surface area (TPSA) is 91.4 Å². The van der Waals surface area contributed by atoms with Gasteiger partial charge in [0.05, 0.1) is 5.56 Å². The molecule has 6 heteroatoms. The molecule has 1 aliphatic rings. The zero-order chi connectivity index (χ0) is 13.7. The average Bonchev–Trinajstić information content (AvgIpc) is 2.41. The molecule has 0 saturated heterocycles. The summed E-state index contributed by atoms with van der Waals surface area (Å²) in [6.07, 6.45) is 2.74. The highest BCUT2D eigenvalue weighted by Gasteiger charge is 2.22. The molecule has 1 aromatic heterocycles. The summed E-state index contributed by atoms with van der Waals surface area (Å²) in [7, 11) is 1.46. The Hall–Kier alpha value is -2.76. The number of hydrogen-bond donors (Lipinski definition) is 1. The molecule has 0 spiro atoms. The summed E-state index contributed by atoms with van der Waals surface area (Å²) in [5.41, 5.74) is 0.256. The lowest BCUT2D eigenvalue weighted by Crippen LogP contribution is -2.23. The Morgan fingerprint density at radius 2 is 2.00 bits per heavy atom. The second-order valence-corrected chi connectivity index (χ2v) is 4.31. The summed E-state index contributed by atoms with van der Waals surface area (Å²) in [4.78, 5) is 11.6. The molecule has 1 aliphatic carbocycles. The van der Waals surface area contributed by atoms with E-state index in [0.29, 0.717) is 21.9 Å². The van der Waals surface area contributed by atoms with Crippen LogP contribution in [-0.4, -0.2) is 20.3 Å². The fraction of sp³-hybridized carbons (Fsp3) is 0.0769. The van der Waals surface area contributed by atoms with E-state index in [-0.39, 0.29) is 17.2 Å². The highest BCUT2D eigenvalue weighted by molar-refractivity contribution is 6.20. The van der Waals surface area contributed by atoms with Gasteiger partial charge >= 0.3 is 0 Å². The van der Waals surface area contributed by atoms with Crippen LogP contribution in [0.1, 0.15) is 11.1 Å². The van der Waals surface area contributed by atoms with Gasteiger partial charge in [-0.25, -0.2) is 0 Å². The van der Waals surface area contributed by atoms with Crippen molar-refractivity contribution in [2.75, 3.05) is 0 Å². The van der Waals surface area contributed by atoms with Crippen LogP contribution in [0.3, 0.4) is 0 Å². The van der Waals surface area contributed by atoms with Crippen molar-refractivity contribution in [2.45, 2.75) is 0 Å². The minimum absolute atomic E-state index is 0.0780. The molecule has 0 unspecified atom stereocenters. The Kier molecular flexibility index (Phi) is 2.16. The van der Waals surface area contributed by atoms with E-state index in [0.717, 1.165) is 4.57 Å². The minimum Gasteiger partial charge on any atom is -0.612 e. The Morgan fingerprint density at radius 1 is 1.26 bits per heavy atom. The van der Waals surface area contributed by atoms with Crippen LogP contribution in [0.25, 0.3) is 16.8 Å². The third-order valence-corrected chi connectivity index (χ3v) is 3.31. The number of allylic oxidation sites excluding steroid dienone is 1. The second kappa shape index (κ2) is 3.61. The van der Waals surface area contributed by atoms with E-state index in [1.54, 1.807) is 18.2 Å². The number of nitrogens with zero attached hydrogens (tertiary/aromatic N) is 2. The van der Waals surface area contributed by atoms with Crippen LogP contribution in [0.4, 0.5) is 0 Å². The van der Waals surface area contributed by atoms with E-state index in [9.17, 15) is 20.3 Å². The first-order valence-electron chi connectivity index (χ1n) is 5.57. The molecule has 1 N–H and O–H groups in total. The zero-order valence-corrected chi connectivity index (χ0v) is 9.95. The van der Waals surface area contributed by atoms with Crippen LogP contribution >= 0.6 is 0 Å². The summed E-state index contributed by atoms with van der Waals surface area (Å²) >= 11 is 0. The normalized spacial score (nSPS) is 13.0. The predicted molar refractivity (Wildman–Crippen MR) is 71.0 cm³/mol. The van der Waals surface area contributed by atoms with E-state index in [1.165, 1.54) is 19.2 Å². The molecule has 0 atom stereocenters. The Labute approximate surface area is 107 Å². The second-order valence-electron chi connectivity index (χ2n) is 4.31. The molecule has 3 rings (SSSR count). The van der Waals surface area contributed by atoms with Crippen molar-refractivity contribution in [3.8, 4) is 5.88 Å². The van der Waals surface area contributed by atoms with Gasteiger partial charge in [-0.3, -0.25) is 9.36 Å². The lowest BCUT2D eigenvalue weighted by Gasteiger charge is -2.17. The van der Waals surface area contributed by atoms with Gasteiger partial charge in [-0.05, 0) is 18.2 Å². The molecular weight excluding hydrogens is 248 g/mol. The van der Waals surface area contributed by atoms with Crippen LogP contribution < -0.4 is 5.56 Å². The van der Waals surface area contributed by atoms with Gasteiger partial charge in [0.2, 0.25) is 11.6 Å². The quantitative estimate of drug-likeness (QED) is 0.564. The van der Waals surface area contributed by atoms with Crippen molar-refractivity contribution >= 4 is 22.6 Å². The highest BCUT2D eigenvalue weighted by atomic mass is 16.8. The van der Waals surface area contributed by atoms with Crippen molar-refractivity contribution < 1.29 is 10.0 Å². The monoisotopic (exact) mass is 257 g/mol. The van der Waals surface area contributed by atoms with Gasteiger partial charge in [0, 0.05) is 29.5 Å². The van der Waals surface area contributed by atoms with Gasteiger partial charge in [-0.1, -0.05) is 6.07 Å². The fourth-order valence-electron chi connectivity index (χ4n) is 2.37. The van der Waals surface area contributed by atoms with E-state index < -0.39 is 4.90 Å². The predicted octanol–water partition coefficient (Wildman–Crippen LogP) is 1.07. The number of hydrogen-bond acceptors (Lipinski definition) is 4. The lowest BCUT2D eigenvalue weighted by molar-refractivity contribution is -0.377. The van der Waals surface area contributed by atoms with E-state index in [2.05, 4.69) is 0 Å². The molecule has 0 aliphatic heterocycles. The first-order valence-corrected chi connectivity index (χ1v) is 5.57. The number of rotatable bonds is 0. The van der Waals surface area contributed by atoms with E-state index in [1.807, 2.05) is 0 Å². The fourth-order valence-corrected chi connectivity index (χ4v) is 2.37. The van der Waals surface area contributed by atoms with Gasteiger partial charge in [-0.2, -0.15) is 4.90 Å². The van der Waals surface area contributed by atoms with Gasteiger partial charge in [0.15, 0.2) is 0 Å². The highest BCUT2D eigenvalue weighted by Crippen LogP contribution is 2.31. The third kappa shape index (κ3) is 1.36. The molecule has 0 fully saturated rings. The molecule has 6 nitrogen and oxygen atoms in total. The molecule has 96 valence electrons. The molecule has 0 amide bonds. The molecule has 2 aromatic rings. The van der Waals surface area contributed by atoms with Crippen molar-refractivity contribution in [2.24, 2.45) is 7.05 Å².